The van der Waals surface area contributed by atoms with Gasteiger partial charge in [-0.25, -0.2) is 0 Å². The summed E-state index contributed by atoms with van der Waals surface area (Å²) in [6, 6.07) is -0.144. The predicted octanol–water partition coefficient (Wildman–Crippen LogP) is 1.63. The second-order valence-electron chi connectivity index (χ2n) is 4.76. The van der Waals surface area contributed by atoms with E-state index in [1.807, 2.05) is 18.7 Å². The molecular formula is C13H28N2O2. The van der Waals surface area contributed by atoms with E-state index in [2.05, 4.69) is 13.8 Å². The van der Waals surface area contributed by atoms with Crippen LogP contribution in [0.25, 0.3) is 0 Å². The van der Waals surface area contributed by atoms with Crippen LogP contribution in [-0.4, -0.2) is 43.2 Å². The Hall–Kier alpha value is -0.610. The Morgan fingerprint density at radius 2 is 1.82 bits per heavy atom. The molecule has 0 aromatic carbocycles. The molecule has 0 aromatic heterocycles. The first kappa shape index (κ1) is 16.4. The van der Waals surface area contributed by atoms with Crippen LogP contribution in [0, 0.1) is 5.92 Å². The number of carbonyl (C=O) groups is 1. The van der Waals surface area contributed by atoms with Crippen molar-refractivity contribution in [2.75, 3.05) is 20.3 Å². The molecule has 0 aliphatic rings. The van der Waals surface area contributed by atoms with Gasteiger partial charge in [-0.3, -0.25) is 4.79 Å². The van der Waals surface area contributed by atoms with E-state index in [1.165, 1.54) is 0 Å². The zero-order valence-electron chi connectivity index (χ0n) is 11.9. The van der Waals surface area contributed by atoms with Crippen LogP contribution in [0.4, 0.5) is 0 Å². The van der Waals surface area contributed by atoms with Crippen LogP contribution in [0.15, 0.2) is 0 Å². The molecule has 2 N–H and O–H groups in total. The molecule has 0 aliphatic heterocycles. The van der Waals surface area contributed by atoms with Gasteiger partial charge in [0.2, 0.25) is 5.91 Å². The van der Waals surface area contributed by atoms with Gasteiger partial charge < -0.3 is 15.4 Å². The lowest BCUT2D eigenvalue weighted by Gasteiger charge is -2.33. The summed E-state index contributed by atoms with van der Waals surface area (Å²) >= 11 is 0. The van der Waals surface area contributed by atoms with Crippen molar-refractivity contribution in [3.05, 3.63) is 0 Å². The number of amides is 1. The molecule has 17 heavy (non-hydrogen) atoms. The van der Waals surface area contributed by atoms with E-state index < -0.39 is 6.04 Å². The van der Waals surface area contributed by atoms with Crippen molar-refractivity contribution < 1.29 is 9.53 Å². The normalized spacial score (nSPS) is 13.2. The van der Waals surface area contributed by atoms with Crippen molar-refractivity contribution >= 4 is 5.91 Å². The summed E-state index contributed by atoms with van der Waals surface area (Å²) in [5.41, 5.74) is 5.95. The summed E-state index contributed by atoms with van der Waals surface area (Å²) in [5, 5.41) is 0. The average Bonchev–Trinajstić information content (AvgIpc) is 2.32. The summed E-state index contributed by atoms with van der Waals surface area (Å²) < 4.78 is 5.07. The van der Waals surface area contributed by atoms with E-state index in [9.17, 15) is 4.79 Å². The number of rotatable bonds is 8. The van der Waals surface area contributed by atoms with Gasteiger partial charge >= 0.3 is 0 Å². The molecule has 0 saturated heterocycles. The van der Waals surface area contributed by atoms with Gasteiger partial charge in [-0.2, -0.15) is 0 Å². The van der Waals surface area contributed by atoms with Gasteiger partial charge in [-0.15, -0.1) is 0 Å². The van der Waals surface area contributed by atoms with Gasteiger partial charge in [-0.1, -0.05) is 27.7 Å². The van der Waals surface area contributed by atoms with Crippen LogP contribution in [0.2, 0.25) is 0 Å². The minimum atomic E-state index is -0.410. The lowest BCUT2D eigenvalue weighted by molar-refractivity contribution is -0.136. The first-order valence-corrected chi connectivity index (χ1v) is 6.54. The van der Waals surface area contributed by atoms with Crippen LogP contribution in [0.1, 0.15) is 40.5 Å². The zero-order chi connectivity index (χ0) is 13.4. The van der Waals surface area contributed by atoms with Crippen molar-refractivity contribution in [1.29, 1.82) is 0 Å². The second kappa shape index (κ2) is 8.48. The summed E-state index contributed by atoms with van der Waals surface area (Å²) in [5.74, 6) is 0.215. The van der Waals surface area contributed by atoms with Crippen LogP contribution >= 0.6 is 0 Å². The Balaban J connectivity index is 4.71. The Kier molecular flexibility index (Phi) is 8.17. The highest BCUT2D eigenvalue weighted by Crippen LogP contribution is 2.12. The molecule has 0 aliphatic carbocycles. The number of hydrogen-bond donors (Lipinski definition) is 1. The summed E-state index contributed by atoms with van der Waals surface area (Å²) in [6.45, 7) is 9.34. The molecule has 0 fully saturated rings. The first-order chi connectivity index (χ1) is 7.99. The first-order valence-electron chi connectivity index (χ1n) is 6.54. The van der Waals surface area contributed by atoms with Crippen molar-refractivity contribution in [2.45, 2.75) is 52.6 Å². The van der Waals surface area contributed by atoms with E-state index in [1.54, 1.807) is 7.11 Å². The molecule has 0 radical (unpaired) electrons. The second-order valence-corrected chi connectivity index (χ2v) is 4.76. The number of ether oxygens (including phenoxy) is 1. The van der Waals surface area contributed by atoms with Crippen molar-refractivity contribution in [3.63, 3.8) is 0 Å². The van der Waals surface area contributed by atoms with Gasteiger partial charge in [0.1, 0.15) is 0 Å². The highest BCUT2D eigenvalue weighted by atomic mass is 16.5. The van der Waals surface area contributed by atoms with Crippen LogP contribution in [-0.2, 0) is 9.53 Å². The SMILES string of the molecule is CCC(CC)N(CCOC)C(=O)C(N)C(C)C. The number of nitrogens with zero attached hydrogens (tertiary/aromatic N) is 1. The maximum Gasteiger partial charge on any atom is 0.240 e. The Labute approximate surface area is 105 Å². The summed E-state index contributed by atoms with van der Waals surface area (Å²) in [6.07, 6.45) is 1.91. The maximum absolute atomic E-state index is 12.3. The molecule has 4 heteroatoms. The third-order valence-electron chi connectivity index (χ3n) is 3.21. The monoisotopic (exact) mass is 244 g/mol. The average molecular weight is 244 g/mol. The zero-order valence-corrected chi connectivity index (χ0v) is 11.9. The fraction of sp³-hybridized carbons (Fsp3) is 0.923. The third kappa shape index (κ3) is 5.04. The molecule has 0 aromatic rings. The van der Waals surface area contributed by atoms with Crippen molar-refractivity contribution in [3.8, 4) is 0 Å². The molecule has 1 unspecified atom stereocenters. The smallest absolute Gasteiger partial charge is 0.240 e. The van der Waals surface area contributed by atoms with E-state index in [0.29, 0.717) is 13.2 Å². The van der Waals surface area contributed by atoms with Crippen molar-refractivity contribution in [2.24, 2.45) is 11.7 Å². The van der Waals surface area contributed by atoms with Crippen molar-refractivity contribution in [1.82, 2.24) is 4.90 Å². The lowest BCUT2D eigenvalue weighted by Crippen LogP contribution is -2.51. The number of methoxy groups -OCH3 is 1. The topological polar surface area (TPSA) is 55.6 Å². The van der Waals surface area contributed by atoms with Gasteiger partial charge in [0.15, 0.2) is 0 Å². The molecule has 1 amide bonds. The molecule has 0 bridgehead atoms. The number of nitrogens with two attached hydrogens (primary N) is 1. The summed E-state index contributed by atoms with van der Waals surface area (Å²) in [4.78, 5) is 14.2. The summed E-state index contributed by atoms with van der Waals surface area (Å²) in [7, 11) is 1.65. The minimum Gasteiger partial charge on any atom is -0.383 e. The standard InChI is InChI=1S/C13H28N2O2/c1-6-11(7-2)15(8-9-17-5)13(16)12(14)10(3)4/h10-12H,6-9,14H2,1-5H3. The fourth-order valence-electron chi connectivity index (χ4n) is 1.87. The maximum atomic E-state index is 12.3. The predicted molar refractivity (Wildman–Crippen MR) is 70.8 cm³/mol. The number of carbonyl (C=O) groups excluding carboxylic acids is 1. The van der Waals surface area contributed by atoms with E-state index >= 15 is 0 Å². The molecule has 0 rings (SSSR count). The largest absolute Gasteiger partial charge is 0.383 e. The van der Waals surface area contributed by atoms with E-state index in [0.717, 1.165) is 12.8 Å². The Morgan fingerprint density at radius 3 is 2.18 bits per heavy atom. The Bertz CT molecular complexity index is 215. The molecule has 0 spiro atoms. The highest BCUT2D eigenvalue weighted by Gasteiger charge is 2.27. The van der Waals surface area contributed by atoms with E-state index in [4.69, 9.17) is 10.5 Å². The molecule has 0 heterocycles. The molecule has 0 saturated carbocycles. The fourth-order valence-corrected chi connectivity index (χ4v) is 1.87. The lowest BCUT2D eigenvalue weighted by atomic mass is 10.0. The van der Waals surface area contributed by atoms with Crippen LogP contribution in [0.5, 0.6) is 0 Å². The van der Waals surface area contributed by atoms with Gasteiger partial charge in [-0.05, 0) is 18.8 Å². The molecule has 4 nitrogen and oxygen atoms in total. The Morgan fingerprint density at radius 1 is 1.29 bits per heavy atom. The quantitative estimate of drug-likeness (QED) is 0.706. The van der Waals surface area contributed by atoms with Gasteiger partial charge in [0, 0.05) is 19.7 Å². The molecule has 1 atom stereocenters. The van der Waals surface area contributed by atoms with E-state index in [-0.39, 0.29) is 17.9 Å². The number of hydrogen-bond acceptors (Lipinski definition) is 3. The van der Waals surface area contributed by atoms with Crippen LogP contribution in [0.3, 0.4) is 0 Å². The van der Waals surface area contributed by atoms with Gasteiger partial charge in [0.25, 0.3) is 0 Å². The highest BCUT2D eigenvalue weighted by molar-refractivity contribution is 5.82. The third-order valence-corrected chi connectivity index (χ3v) is 3.21. The molecule has 102 valence electrons. The molecular weight excluding hydrogens is 216 g/mol. The van der Waals surface area contributed by atoms with Gasteiger partial charge in [0.05, 0.1) is 12.6 Å². The van der Waals surface area contributed by atoms with Crippen LogP contribution < -0.4 is 5.73 Å². The minimum absolute atomic E-state index is 0.0470.